The van der Waals surface area contributed by atoms with Gasteiger partial charge in [0.05, 0.1) is 19.3 Å². The molecule has 2 nitrogen and oxygen atoms in total. The average Bonchev–Trinajstić information content (AvgIpc) is 2.15. The minimum Gasteiger partial charge on any atom is -0.379 e. The molecule has 0 radical (unpaired) electrons. The van der Waals surface area contributed by atoms with Crippen molar-refractivity contribution >= 4 is 12.6 Å². The van der Waals surface area contributed by atoms with Gasteiger partial charge in [-0.2, -0.15) is 12.6 Å². The van der Waals surface area contributed by atoms with E-state index >= 15 is 0 Å². The van der Waals surface area contributed by atoms with E-state index in [0.29, 0.717) is 12.7 Å². The van der Waals surface area contributed by atoms with Crippen LogP contribution in [0.1, 0.15) is 39.5 Å². The van der Waals surface area contributed by atoms with Crippen molar-refractivity contribution in [3.63, 3.8) is 0 Å². The van der Waals surface area contributed by atoms with Gasteiger partial charge in [-0.25, -0.2) is 0 Å². The van der Waals surface area contributed by atoms with Crippen molar-refractivity contribution in [3.05, 3.63) is 0 Å². The minimum absolute atomic E-state index is 0.314. The van der Waals surface area contributed by atoms with Crippen LogP contribution in [0.15, 0.2) is 0 Å². The minimum atomic E-state index is 0.314. The van der Waals surface area contributed by atoms with Gasteiger partial charge in [0.2, 0.25) is 0 Å². The lowest BCUT2D eigenvalue weighted by molar-refractivity contribution is 0.0187. The molecule has 0 aromatic rings. The molecule has 0 aliphatic rings. The van der Waals surface area contributed by atoms with Gasteiger partial charge in [0.15, 0.2) is 0 Å². The topological polar surface area (TPSA) is 18.5 Å². The second-order valence-corrected chi connectivity index (χ2v) is 4.12. The molecule has 0 saturated heterocycles. The molecule has 0 amide bonds. The molecule has 0 spiro atoms. The molecule has 0 heterocycles. The summed E-state index contributed by atoms with van der Waals surface area (Å²) in [5.74, 6) is 1.00. The monoisotopic (exact) mass is 220 g/mol. The summed E-state index contributed by atoms with van der Waals surface area (Å²) in [5, 5.41) is 0. The third kappa shape index (κ3) is 12.3. The lowest BCUT2D eigenvalue weighted by Crippen LogP contribution is -2.10. The Morgan fingerprint density at radius 1 is 0.929 bits per heavy atom. The van der Waals surface area contributed by atoms with Crippen LogP contribution in [0.3, 0.4) is 0 Å². The summed E-state index contributed by atoms with van der Waals surface area (Å²) in [7, 11) is 0. The van der Waals surface area contributed by atoms with Crippen LogP contribution in [-0.4, -0.2) is 31.7 Å². The highest BCUT2D eigenvalue weighted by molar-refractivity contribution is 7.80. The lowest BCUT2D eigenvalue weighted by Gasteiger charge is -2.07. The Morgan fingerprint density at radius 2 is 1.64 bits per heavy atom. The highest BCUT2D eigenvalue weighted by Crippen LogP contribution is 2.00. The summed E-state index contributed by atoms with van der Waals surface area (Å²) in [6, 6.07) is 0. The van der Waals surface area contributed by atoms with E-state index < -0.39 is 0 Å². The first-order valence-electron chi connectivity index (χ1n) is 5.57. The molecule has 0 atom stereocenters. The highest BCUT2D eigenvalue weighted by atomic mass is 32.1. The van der Waals surface area contributed by atoms with Gasteiger partial charge in [0.25, 0.3) is 0 Å². The van der Waals surface area contributed by atoms with E-state index in [-0.39, 0.29) is 0 Å². The number of ether oxygens (including phenoxy) is 2. The molecule has 0 unspecified atom stereocenters. The summed E-state index contributed by atoms with van der Waals surface area (Å²) in [4.78, 5) is 0. The van der Waals surface area contributed by atoms with Crippen molar-refractivity contribution in [1.82, 2.24) is 0 Å². The summed E-state index contributed by atoms with van der Waals surface area (Å²) in [5.41, 5.74) is 0. The molecule has 0 aromatic heterocycles. The van der Waals surface area contributed by atoms with Gasteiger partial charge in [0.1, 0.15) is 0 Å². The van der Waals surface area contributed by atoms with Crippen LogP contribution in [0.5, 0.6) is 0 Å². The van der Waals surface area contributed by atoms with Crippen molar-refractivity contribution in [2.24, 2.45) is 0 Å². The van der Waals surface area contributed by atoms with Gasteiger partial charge in [-0.3, -0.25) is 0 Å². The third-order valence-electron chi connectivity index (χ3n) is 1.88. The summed E-state index contributed by atoms with van der Waals surface area (Å²) < 4.78 is 10.8. The summed E-state index contributed by atoms with van der Waals surface area (Å²) >= 11 is 4.16. The fraction of sp³-hybridized carbons (Fsp3) is 1.00. The molecule has 0 saturated carbocycles. The van der Waals surface area contributed by atoms with E-state index in [1.807, 2.05) is 13.8 Å². The average molecular weight is 220 g/mol. The van der Waals surface area contributed by atoms with Crippen molar-refractivity contribution in [3.8, 4) is 0 Å². The van der Waals surface area contributed by atoms with Crippen LogP contribution >= 0.6 is 12.6 Å². The summed E-state index contributed by atoms with van der Waals surface area (Å²) in [6.45, 7) is 6.39. The fourth-order valence-corrected chi connectivity index (χ4v) is 1.34. The predicted molar refractivity (Wildman–Crippen MR) is 64.2 cm³/mol. The Morgan fingerprint density at radius 3 is 2.29 bits per heavy atom. The van der Waals surface area contributed by atoms with Crippen molar-refractivity contribution in [2.75, 3.05) is 25.6 Å². The van der Waals surface area contributed by atoms with Crippen molar-refractivity contribution in [2.45, 2.75) is 45.6 Å². The van der Waals surface area contributed by atoms with Crippen molar-refractivity contribution in [1.29, 1.82) is 0 Å². The molecule has 0 N–H and O–H groups in total. The molecule has 0 aliphatic carbocycles. The van der Waals surface area contributed by atoms with Crippen LogP contribution in [0.2, 0.25) is 0 Å². The maximum absolute atomic E-state index is 5.42. The molecular weight excluding hydrogens is 196 g/mol. The number of rotatable bonds is 10. The van der Waals surface area contributed by atoms with Crippen LogP contribution in [0.4, 0.5) is 0 Å². The zero-order valence-corrected chi connectivity index (χ0v) is 10.4. The van der Waals surface area contributed by atoms with Gasteiger partial charge < -0.3 is 9.47 Å². The van der Waals surface area contributed by atoms with E-state index in [9.17, 15) is 0 Å². The smallest absolute Gasteiger partial charge is 0.0703 e. The maximum atomic E-state index is 5.42. The fourth-order valence-electron chi connectivity index (χ4n) is 1.11. The van der Waals surface area contributed by atoms with Crippen molar-refractivity contribution < 1.29 is 9.47 Å². The van der Waals surface area contributed by atoms with E-state index in [1.165, 1.54) is 19.3 Å². The third-order valence-corrected chi connectivity index (χ3v) is 2.19. The molecule has 3 heteroatoms. The zero-order chi connectivity index (χ0) is 10.6. The van der Waals surface area contributed by atoms with Crippen LogP contribution in [0, 0.1) is 0 Å². The Bertz CT molecular complexity index is 107. The Balaban J connectivity index is 2.85. The first kappa shape index (κ1) is 14.3. The second kappa shape index (κ2) is 11.3. The van der Waals surface area contributed by atoms with E-state index in [4.69, 9.17) is 9.47 Å². The quantitative estimate of drug-likeness (QED) is 0.451. The molecule has 0 aliphatic heterocycles. The Labute approximate surface area is 93.8 Å². The van der Waals surface area contributed by atoms with Crippen LogP contribution < -0.4 is 0 Å². The molecule has 14 heavy (non-hydrogen) atoms. The lowest BCUT2D eigenvalue weighted by atomic mass is 10.2. The molecule has 0 aromatic carbocycles. The maximum Gasteiger partial charge on any atom is 0.0703 e. The first-order valence-corrected chi connectivity index (χ1v) is 6.21. The van der Waals surface area contributed by atoms with Crippen LogP contribution in [0.25, 0.3) is 0 Å². The normalized spacial score (nSPS) is 11.1. The highest BCUT2D eigenvalue weighted by Gasteiger charge is 1.93. The molecule has 0 fully saturated rings. The van der Waals surface area contributed by atoms with Crippen LogP contribution in [-0.2, 0) is 9.47 Å². The summed E-state index contributed by atoms with van der Waals surface area (Å²) in [6.07, 6.45) is 5.23. The zero-order valence-electron chi connectivity index (χ0n) is 9.50. The van der Waals surface area contributed by atoms with Gasteiger partial charge in [-0.15, -0.1) is 0 Å². The van der Waals surface area contributed by atoms with Gasteiger partial charge in [-0.1, -0.05) is 12.8 Å². The van der Waals surface area contributed by atoms with E-state index in [0.717, 1.165) is 25.4 Å². The second-order valence-electron chi connectivity index (χ2n) is 3.67. The van der Waals surface area contributed by atoms with E-state index in [2.05, 4.69) is 12.6 Å². The first-order chi connectivity index (χ1) is 6.77. The SMILES string of the molecule is CC(C)OCCOCCCCCCS. The predicted octanol–water partition coefficient (Wildman–Crippen LogP) is 2.92. The molecular formula is C11H24O2S. The number of thiol groups is 1. The largest absolute Gasteiger partial charge is 0.379 e. The van der Waals surface area contributed by atoms with Gasteiger partial charge in [0, 0.05) is 6.61 Å². The van der Waals surface area contributed by atoms with E-state index in [1.54, 1.807) is 0 Å². The standard InChI is InChI=1S/C11H24O2S/c1-11(2)13-9-8-12-7-5-3-4-6-10-14/h11,14H,3-10H2,1-2H3. The Kier molecular flexibility index (Phi) is 11.6. The molecule has 0 rings (SSSR count). The number of unbranched alkanes of at least 4 members (excludes halogenated alkanes) is 3. The number of hydrogen-bond acceptors (Lipinski definition) is 3. The van der Waals surface area contributed by atoms with Gasteiger partial charge in [-0.05, 0) is 32.4 Å². The number of hydrogen-bond donors (Lipinski definition) is 1. The molecule has 86 valence electrons. The molecule has 0 bridgehead atoms. The van der Waals surface area contributed by atoms with Gasteiger partial charge >= 0.3 is 0 Å². The Hall–Kier alpha value is 0.270.